The minimum atomic E-state index is 0.0174. The van der Waals surface area contributed by atoms with Crippen molar-refractivity contribution < 1.29 is 0 Å². The van der Waals surface area contributed by atoms with Crippen molar-refractivity contribution in [1.82, 2.24) is 19.2 Å². The van der Waals surface area contributed by atoms with Gasteiger partial charge in [0, 0.05) is 4.88 Å². The Morgan fingerprint density at radius 1 is 1.25 bits per heavy atom. The molecule has 1 aliphatic rings. The summed E-state index contributed by atoms with van der Waals surface area (Å²) in [4.78, 5) is 15.7. The molecule has 5 nitrogen and oxygen atoms in total. The van der Waals surface area contributed by atoms with Gasteiger partial charge in [0.05, 0.1) is 11.1 Å². The molecule has 120 valence electrons. The minimum absolute atomic E-state index is 0.0174. The zero-order chi connectivity index (χ0) is 16.3. The molecule has 1 aliphatic carbocycles. The summed E-state index contributed by atoms with van der Waals surface area (Å²) in [6, 6.07) is 9.68. The summed E-state index contributed by atoms with van der Waals surface area (Å²) in [5.74, 6) is 1.25. The first kappa shape index (κ1) is 13.9. The molecule has 1 aromatic carbocycles. The topological polar surface area (TPSA) is 52.2 Å². The van der Waals surface area contributed by atoms with E-state index in [1.165, 1.54) is 10.4 Å². The summed E-state index contributed by atoms with van der Waals surface area (Å²) in [7, 11) is 0. The third-order valence-corrected chi connectivity index (χ3v) is 6.13. The highest BCUT2D eigenvalue weighted by Crippen LogP contribution is 2.36. The van der Waals surface area contributed by atoms with Gasteiger partial charge in [-0.05, 0) is 42.9 Å². The van der Waals surface area contributed by atoms with Crippen LogP contribution in [-0.2, 0) is 12.8 Å². The normalized spacial score (nSPS) is 17.5. The standard InChI is InChI=1S/C18H16N4OS/c1-11-7-8-13-14(9-11)24-17-15(13)16(23)22(12-5-3-2-4-6-12)18-20-19-10-21(17)18/h2-6,10-11H,7-9H2,1H3. The lowest BCUT2D eigenvalue weighted by molar-refractivity contribution is 0.509. The number of aryl methyl sites for hydroxylation is 1. The summed E-state index contributed by atoms with van der Waals surface area (Å²) < 4.78 is 3.64. The van der Waals surface area contributed by atoms with Crippen molar-refractivity contribution >= 4 is 27.3 Å². The Hall–Kier alpha value is -2.47. The van der Waals surface area contributed by atoms with Crippen LogP contribution in [0.2, 0.25) is 0 Å². The van der Waals surface area contributed by atoms with Gasteiger partial charge in [0.1, 0.15) is 11.2 Å². The van der Waals surface area contributed by atoms with E-state index in [0.717, 1.165) is 35.2 Å². The number of fused-ring (bicyclic) bond motifs is 5. The molecule has 4 aromatic rings. The second-order valence-electron chi connectivity index (χ2n) is 6.51. The Balaban J connectivity index is 1.95. The Morgan fingerprint density at radius 2 is 2.08 bits per heavy atom. The van der Waals surface area contributed by atoms with E-state index in [1.54, 1.807) is 22.2 Å². The molecule has 1 atom stereocenters. The van der Waals surface area contributed by atoms with E-state index in [1.807, 2.05) is 34.7 Å². The summed E-state index contributed by atoms with van der Waals surface area (Å²) >= 11 is 1.73. The van der Waals surface area contributed by atoms with Gasteiger partial charge in [-0.15, -0.1) is 21.5 Å². The Bertz CT molecular complexity index is 1120. The van der Waals surface area contributed by atoms with Gasteiger partial charge in [0.2, 0.25) is 5.78 Å². The summed E-state index contributed by atoms with van der Waals surface area (Å²) in [5.41, 5.74) is 2.08. The van der Waals surface area contributed by atoms with Crippen LogP contribution in [0.4, 0.5) is 0 Å². The Labute approximate surface area is 142 Å². The third kappa shape index (κ3) is 1.83. The van der Waals surface area contributed by atoms with Crippen molar-refractivity contribution in [3.63, 3.8) is 0 Å². The average Bonchev–Trinajstić information content (AvgIpc) is 3.20. The van der Waals surface area contributed by atoms with E-state index >= 15 is 0 Å². The lowest BCUT2D eigenvalue weighted by Gasteiger charge is -2.17. The second-order valence-corrected chi connectivity index (χ2v) is 7.59. The molecule has 0 aliphatic heterocycles. The van der Waals surface area contributed by atoms with Crippen LogP contribution in [0.15, 0.2) is 41.5 Å². The van der Waals surface area contributed by atoms with E-state index < -0.39 is 0 Å². The molecular weight excluding hydrogens is 320 g/mol. The fourth-order valence-electron chi connectivity index (χ4n) is 3.66. The first-order valence-electron chi connectivity index (χ1n) is 8.18. The third-order valence-electron chi connectivity index (χ3n) is 4.87. The lowest BCUT2D eigenvalue weighted by Crippen LogP contribution is -2.22. The fourth-order valence-corrected chi connectivity index (χ4v) is 5.13. The van der Waals surface area contributed by atoms with Gasteiger partial charge in [-0.25, -0.2) is 4.57 Å². The van der Waals surface area contributed by atoms with E-state index in [0.29, 0.717) is 11.7 Å². The molecule has 0 radical (unpaired) electrons. The molecule has 0 fully saturated rings. The highest BCUT2D eigenvalue weighted by atomic mass is 32.1. The van der Waals surface area contributed by atoms with Crippen molar-refractivity contribution in [1.29, 1.82) is 0 Å². The zero-order valence-corrected chi connectivity index (χ0v) is 14.1. The molecule has 0 amide bonds. The van der Waals surface area contributed by atoms with Gasteiger partial charge in [-0.3, -0.25) is 9.20 Å². The fraction of sp³-hybridized carbons (Fsp3) is 0.278. The molecule has 1 unspecified atom stereocenters. The first-order chi connectivity index (χ1) is 11.7. The predicted molar refractivity (Wildman–Crippen MR) is 95.2 cm³/mol. The molecule has 0 bridgehead atoms. The summed E-state index contributed by atoms with van der Waals surface area (Å²) in [6.07, 6.45) is 4.89. The summed E-state index contributed by atoms with van der Waals surface area (Å²) in [6.45, 7) is 2.28. The number of aromatic nitrogens is 4. The SMILES string of the molecule is CC1CCc2c(sc3c2c(=O)n(-c2ccccc2)c2nncn32)C1. The van der Waals surface area contributed by atoms with E-state index in [2.05, 4.69) is 17.1 Å². The lowest BCUT2D eigenvalue weighted by atomic mass is 9.89. The van der Waals surface area contributed by atoms with Gasteiger partial charge in [-0.1, -0.05) is 25.1 Å². The average molecular weight is 336 g/mol. The number of rotatable bonds is 1. The largest absolute Gasteiger partial charge is 0.268 e. The van der Waals surface area contributed by atoms with Crippen molar-refractivity contribution in [2.24, 2.45) is 5.92 Å². The van der Waals surface area contributed by atoms with Crippen molar-refractivity contribution in [2.75, 3.05) is 0 Å². The molecule has 0 saturated carbocycles. The van der Waals surface area contributed by atoms with Gasteiger partial charge in [0.15, 0.2) is 0 Å². The smallest absolute Gasteiger partial charge is 0.268 e. The quantitative estimate of drug-likeness (QED) is 0.536. The van der Waals surface area contributed by atoms with Crippen LogP contribution in [0.25, 0.3) is 21.7 Å². The zero-order valence-electron chi connectivity index (χ0n) is 13.3. The highest BCUT2D eigenvalue weighted by Gasteiger charge is 2.25. The van der Waals surface area contributed by atoms with E-state index in [9.17, 15) is 4.79 Å². The van der Waals surface area contributed by atoms with Crippen LogP contribution in [0, 0.1) is 5.92 Å². The Morgan fingerprint density at radius 3 is 2.92 bits per heavy atom. The van der Waals surface area contributed by atoms with Crippen LogP contribution in [0.1, 0.15) is 23.8 Å². The predicted octanol–water partition coefficient (Wildman–Crippen LogP) is 3.22. The monoisotopic (exact) mass is 336 g/mol. The highest BCUT2D eigenvalue weighted by molar-refractivity contribution is 7.18. The summed E-state index contributed by atoms with van der Waals surface area (Å²) in [5, 5.41) is 9.11. The van der Waals surface area contributed by atoms with E-state index in [-0.39, 0.29) is 5.56 Å². The molecule has 24 heavy (non-hydrogen) atoms. The number of hydrogen-bond donors (Lipinski definition) is 0. The molecule has 0 N–H and O–H groups in total. The van der Waals surface area contributed by atoms with Crippen LogP contribution in [0.3, 0.4) is 0 Å². The number of thiophene rings is 1. The maximum absolute atomic E-state index is 13.3. The second kappa shape index (κ2) is 5.01. The van der Waals surface area contributed by atoms with Crippen LogP contribution in [0.5, 0.6) is 0 Å². The minimum Gasteiger partial charge on any atom is -0.268 e. The molecule has 0 saturated heterocycles. The molecule has 3 aromatic heterocycles. The molecule has 3 heterocycles. The molecular formula is C18H16N4OS. The molecule has 5 rings (SSSR count). The van der Waals surface area contributed by atoms with Crippen LogP contribution in [-0.4, -0.2) is 19.2 Å². The van der Waals surface area contributed by atoms with Crippen LogP contribution < -0.4 is 5.56 Å². The number of para-hydroxylation sites is 1. The Kier molecular flexibility index (Phi) is 2.91. The number of benzene rings is 1. The van der Waals surface area contributed by atoms with E-state index in [4.69, 9.17) is 0 Å². The molecule has 6 heteroatoms. The van der Waals surface area contributed by atoms with Crippen LogP contribution >= 0.6 is 11.3 Å². The van der Waals surface area contributed by atoms with Crippen molar-refractivity contribution in [3.8, 4) is 5.69 Å². The number of hydrogen-bond acceptors (Lipinski definition) is 4. The van der Waals surface area contributed by atoms with Gasteiger partial charge < -0.3 is 0 Å². The molecule has 0 spiro atoms. The maximum Gasteiger partial charge on any atom is 0.268 e. The van der Waals surface area contributed by atoms with Crippen molar-refractivity contribution in [3.05, 3.63) is 57.5 Å². The first-order valence-corrected chi connectivity index (χ1v) is 9.00. The van der Waals surface area contributed by atoms with Gasteiger partial charge in [-0.2, -0.15) is 0 Å². The van der Waals surface area contributed by atoms with Crippen molar-refractivity contribution in [2.45, 2.75) is 26.2 Å². The maximum atomic E-state index is 13.3. The van der Waals surface area contributed by atoms with Gasteiger partial charge >= 0.3 is 0 Å². The number of nitrogens with zero attached hydrogens (tertiary/aromatic N) is 4. The van der Waals surface area contributed by atoms with Gasteiger partial charge in [0.25, 0.3) is 5.56 Å².